The second-order valence-electron chi connectivity index (χ2n) is 15.9. The number of nitrogen functional groups attached to an aromatic ring is 4. The van der Waals surface area contributed by atoms with Crippen LogP contribution in [0.1, 0.15) is 47.0 Å². The highest BCUT2D eigenvalue weighted by atomic mass is 35.5. The van der Waals surface area contributed by atoms with Crippen LogP contribution in [-0.2, 0) is 16.2 Å². The van der Waals surface area contributed by atoms with Crippen LogP contribution in [0.15, 0.2) is 188 Å². The molecule has 15 nitrogen and oxygen atoms in total. The Kier molecular flexibility index (Phi) is 20.0. The molecule has 8 rings (SSSR count). The number of sulfonamides is 1. The zero-order valence-electron chi connectivity index (χ0n) is 39.8. The molecule has 0 aromatic heterocycles. The van der Waals surface area contributed by atoms with E-state index in [1.54, 1.807) is 127 Å². The first kappa shape index (κ1) is 57.4. The topological polar surface area (TPSA) is 267 Å². The molecule has 0 spiro atoms. The smallest absolute Gasteiger partial charge is 0.399 e. The first-order chi connectivity index (χ1) is 35.9. The van der Waals surface area contributed by atoms with Gasteiger partial charge in [-0.1, -0.05) is 48.0 Å². The lowest BCUT2D eigenvalue weighted by atomic mass is 10.1. The molecule has 0 aliphatic heterocycles. The number of rotatable bonds is 10. The number of hydrogen-bond donors (Lipinski definition) is 9. The van der Waals surface area contributed by atoms with Gasteiger partial charge in [-0.15, -0.1) is 0 Å². The van der Waals surface area contributed by atoms with Gasteiger partial charge in [0, 0.05) is 56.7 Å². The van der Waals surface area contributed by atoms with Gasteiger partial charge in [-0.25, -0.2) is 17.2 Å². The second kappa shape index (κ2) is 26.5. The molecule has 0 aliphatic rings. The Balaban J connectivity index is 0.000000188. The van der Waals surface area contributed by atoms with Gasteiger partial charge >= 0.3 is 6.18 Å². The highest BCUT2D eigenvalue weighted by Crippen LogP contribution is 2.32. The average molecular weight is 1080 g/mol. The van der Waals surface area contributed by atoms with Gasteiger partial charge in [0.1, 0.15) is 17.2 Å². The standard InChI is InChI=1S/C14H11F3N2O.C14H15N3O3S.C13H11ClN2O.C13H10F2N2O/c15-14(16,17)12-4-2-1-3-11(12)13(20)19-10-7-5-9(18)6-8-10;1-21(19,20)17-13-4-2-3-10(9-13)14(18)16-12-7-5-11(15)6-8-12;14-12-4-2-1-3-11(12)13(17)16-10-7-5-9(15)6-8-10;14-10-2-1-3-11(15)12(10)13(18)17-9-6-4-8(16)5-7-9/h1-8H,18H2,(H,19,20);2-9,17H,15H2,1H3,(H,16,18);1-8H,15H2,(H,16,17);1-7H,16H2,(H,17,18). The van der Waals surface area contributed by atoms with E-state index in [4.69, 9.17) is 34.5 Å². The number of hydrogen-bond acceptors (Lipinski definition) is 10. The van der Waals surface area contributed by atoms with E-state index in [0.29, 0.717) is 67.3 Å². The summed E-state index contributed by atoms with van der Waals surface area (Å²) in [7, 11) is -3.38. The normalized spacial score (nSPS) is 10.6. The predicted molar refractivity (Wildman–Crippen MR) is 289 cm³/mol. The van der Waals surface area contributed by atoms with Crippen LogP contribution in [-0.4, -0.2) is 38.3 Å². The number of carbonyl (C=O) groups is 4. The SMILES string of the molecule is CS(=O)(=O)Nc1cccc(C(=O)Nc2ccc(N)cc2)c1.Nc1ccc(NC(=O)c2c(F)cccc2F)cc1.Nc1ccc(NC(=O)c2ccccc2C(F)(F)F)cc1.Nc1ccc(NC(=O)c2ccccc2Cl)cc1. The quantitative estimate of drug-likeness (QED) is 0.0462. The highest BCUT2D eigenvalue weighted by molar-refractivity contribution is 7.92. The highest BCUT2D eigenvalue weighted by Gasteiger charge is 2.35. The molecule has 0 saturated heterocycles. The maximum absolute atomic E-state index is 13.3. The summed E-state index contributed by atoms with van der Waals surface area (Å²) in [5.74, 6) is -4.03. The summed E-state index contributed by atoms with van der Waals surface area (Å²) in [6.07, 6.45) is -3.52. The van der Waals surface area contributed by atoms with Crippen LogP contribution in [0.3, 0.4) is 0 Å². The van der Waals surface area contributed by atoms with Gasteiger partial charge in [0.2, 0.25) is 10.0 Å². The lowest BCUT2D eigenvalue weighted by Crippen LogP contribution is -2.18. The summed E-state index contributed by atoms with van der Waals surface area (Å²) in [5, 5.41) is 10.7. The van der Waals surface area contributed by atoms with Crippen molar-refractivity contribution in [2.45, 2.75) is 6.18 Å². The van der Waals surface area contributed by atoms with E-state index in [0.717, 1.165) is 30.5 Å². The molecular formula is C54H47ClF5N9O6S. The van der Waals surface area contributed by atoms with Crippen LogP contribution in [0.25, 0.3) is 0 Å². The largest absolute Gasteiger partial charge is 0.417 e. The van der Waals surface area contributed by atoms with Crippen molar-refractivity contribution in [3.63, 3.8) is 0 Å². The number of carbonyl (C=O) groups excluding carboxylic acids is 4. The number of benzene rings is 8. The van der Waals surface area contributed by atoms with Crippen molar-refractivity contribution in [1.82, 2.24) is 0 Å². The van der Waals surface area contributed by atoms with E-state index in [1.165, 1.54) is 36.4 Å². The molecule has 0 atom stereocenters. The molecule has 392 valence electrons. The van der Waals surface area contributed by atoms with E-state index in [9.17, 15) is 49.5 Å². The van der Waals surface area contributed by atoms with Crippen LogP contribution in [0.5, 0.6) is 0 Å². The number of anilines is 9. The molecule has 4 amide bonds. The van der Waals surface area contributed by atoms with Gasteiger partial charge in [-0.2, -0.15) is 13.2 Å². The van der Waals surface area contributed by atoms with Gasteiger partial charge in [0.25, 0.3) is 23.6 Å². The molecule has 0 heterocycles. The van der Waals surface area contributed by atoms with Crippen molar-refractivity contribution >= 4 is 96.4 Å². The number of alkyl halides is 3. The van der Waals surface area contributed by atoms with Gasteiger partial charge < -0.3 is 44.2 Å². The van der Waals surface area contributed by atoms with Crippen molar-refractivity contribution in [3.05, 3.63) is 233 Å². The maximum Gasteiger partial charge on any atom is 0.417 e. The molecule has 8 aromatic carbocycles. The van der Waals surface area contributed by atoms with Crippen LogP contribution in [0, 0.1) is 11.6 Å². The molecule has 0 radical (unpaired) electrons. The summed E-state index contributed by atoms with van der Waals surface area (Å²) in [4.78, 5) is 47.6. The average Bonchev–Trinajstić information content (AvgIpc) is 3.37. The summed E-state index contributed by atoms with van der Waals surface area (Å²) in [6, 6.07) is 47.1. The molecule has 0 bridgehead atoms. The van der Waals surface area contributed by atoms with E-state index in [1.807, 2.05) is 0 Å². The Morgan fingerprint density at radius 3 is 1.24 bits per heavy atom. The minimum absolute atomic E-state index is 0.236. The Morgan fingerprint density at radius 1 is 0.447 bits per heavy atom. The van der Waals surface area contributed by atoms with Crippen molar-refractivity contribution < 1.29 is 49.5 Å². The second-order valence-corrected chi connectivity index (χ2v) is 18.0. The van der Waals surface area contributed by atoms with Crippen LogP contribution < -0.4 is 48.9 Å². The molecule has 0 fully saturated rings. The third-order valence-electron chi connectivity index (χ3n) is 9.89. The van der Waals surface area contributed by atoms with Gasteiger partial charge in [-0.3, -0.25) is 23.9 Å². The maximum atomic E-state index is 13.3. The summed E-state index contributed by atoms with van der Waals surface area (Å²) in [6.45, 7) is 0. The van der Waals surface area contributed by atoms with Crippen molar-refractivity contribution in [3.8, 4) is 0 Å². The summed E-state index contributed by atoms with van der Waals surface area (Å²) >= 11 is 5.93. The minimum atomic E-state index is -4.57. The third kappa shape index (κ3) is 18.2. The summed E-state index contributed by atoms with van der Waals surface area (Å²) in [5.41, 5.74) is 25.6. The molecule has 0 aliphatic carbocycles. The zero-order chi connectivity index (χ0) is 55.6. The lowest BCUT2D eigenvalue weighted by Gasteiger charge is -2.12. The van der Waals surface area contributed by atoms with Crippen molar-refractivity contribution in [2.75, 3.05) is 55.2 Å². The molecule has 0 unspecified atom stereocenters. The number of halogens is 6. The van der Waals surface area contributed by atoms with Gasteiger partial charge in [0.15, 0.2) is 0 Å². The first-order valence-corrected chi connectivity index (χ1v) is 24.3. The molecule has 13 N–H and O–H groups in total. The number of amides is 4. The van der Waals surface area contributed by atoms with Crippen LogP contribution in [0.4, 0.5) is 73.1 Å². The zero-order valence-corrected chi connectivity index (χ0v) is 41.4. The number of nitrogens with one attached hydrogen (secondary N) is 5. The molecular weight excluding hydrogens is 1030 g/mol. The van der Waals surface area contributed by atoms with Gasteiger partial charge in [-0.05, 0) is 152 Å². The van der Waals surface area contributed by atoms with Crippen molar-refractivity contribution in [1.29, 1.82) is 0 Å². The van der Waals surface area contributed by atoms with E-state index in [2.05, 4.69) is 26.0 Å². The summed E-state index contributed by atoms with van der Waals surface area (Å²) < 4.78 is 89.8. The lowest BCUT2D eigenvalue weighted by molar-refractivity contribution is -0.137. The first-order valence-electron chi connectivity index (χ1n) is 22.1. The fourth-order valence-electron chi connectivity index (χ4n) is 6.29. The Morgan fingerprint density at radius 2 is 0.816 bits per heavy atom. The number of nitrogens with two attached hydrogens (primary N) is 4. The van der Waals surface area contributed by atoms with E-state index in [-0.39, 0.29) is 11.8 Å². The van der Waals surface area contributed by atoms with Crippen molar-refractivity contribution in [2.24, 2.45) is 0 Å². The molecule has 76 heavy (non-hydrogen) atoms. The Bertz CT molecular complexity index is 3390. The fourth-order valence-corrected chi connectivity index (χ4v) is 7.06. The molecule has 0 saturated carbocycles. The Labute approximate surface area is 438 Å². The fraction of sp³-hybridized carbons (Fsp3) is 0.0370. The van der Waals surface area contributed by atoms with Crippen LogP contribution >= 0.6 is 11.6 Å². The van der Waals surface area contributed by atoms with E-state index >= 15 is 0 Å². The minimum Gasteiger partial charge on any atom is -0.399 e. The molecule has 8 aromatic rings. The monoisotopic (exact) mass is 1080 g/mol. The molecule has 22 heteroatoms. The van der Waals surface area contributed by atoms with Crippen LogP contribution in [0.2, 0.25) is 5.02 Å². The predicted octanol–water partition coefficient (Wildman–Crippen LogP) is 11.4. The Hall–Kier alpha value is -9.47. The van der Waals surface area contributed by atoms with Gasteiger partial charge in [0.05, 0.1) is 28.0 Å². The van der Waals surface area contributed by atoms with E-state index < -0.39 is 56.3 Å². The third-order valence-corrected chi connectivity index (χ3v) is 10.8.